The Balaban J connectivity index is 2.36. The van der Waals surface area contributed by atoms with Crippen LogP contribution in [0.5, 0.6) is 0 Å². The SMILES string of the molecule is FC(F)(F)c1csc(-c2cc(Br)cs2)n1. The summed E-state index contributed by atoms with van der Waals surface area (Å²) in [5.74, 6) is 0. The number of aromatic nitrogens is 1. The van der Waals surface area contributed by atoms with Crippen molar-refractivity contribution in [3.05, 3.63) is 27.0 Å². The van der Waals surface area contributed by atoms with Crippen molar-refractivity contribution >= 4 is 38.6 Å². The van der Waals surface area contributed by atoms with Gasteiger partial charge in [-0.2, -0.15) is 13.2 Å². The van der Waals surface area contributed by atoms with Gasteiger partial charge >= 0.3 is 6.18 Å². The average Bonchev–Trinajstić information content (AvgIpc) is 2.69. The van der Waals surface area contributed by atoms with E-state index in [4.69, 9.17) is 0 Å². The summed E-state index contributed by atoms with van der Waals surface area (Å²) < 4.78 is 37.6. The topological polar surface area (TPSA) is 12.9 Å². The Labute approximate surface area is 99.7 Å². The van der Waals surface area contributed by atoms with Crippen molar-refractivity contribution in [1.82, 2.24) is 4.98 Å². The first-order valence-electron chi connectivity index (χ1n) is 3.74. The fourth-order valence-corrected chi connectivity index (χ4v) is 3.28. The number of halogens is 4. The van der Waals surface area contributed by atoms with Crippen LogP contribution in [0.25, 0.3) is 9.88 Å². The second kappa shape index (κ2) is 3.88. The number of hydrogen-bond donors (Lipinski definition) is 0. The van der Waals surface area contributed by atoms with E-state index in [1.54, 1.807) is 6.07 Å². The molecule has 0 aliphatic rings. The van der Waals surface area contributed by atoms with Gasteiger partial charge in [-0.15, -0.1) is 22.7 Å². The summed E-state index contributed by atoms with van der Waals surface area (Å²) in [6, 6.07) is 1.75. The lowest BCUT2D eigenvalue weighted by Crippen LogP contribution is -2.04. The lowest BCUT2D eigenvalue weighted by atomic mass is 10.4. The molecule has 0 bridgehead atoms. The predicted molar refractivity (Wildman–Crippen MR) is 58.1 cm³/mol. The summed E-state index contributed by atoms with van der Waals surface area (Å²) >= 11 is 5.60. The Morgan fingerprint density at radius 3 is 2.40 bits per heavy atom. The van der Waals surface area contributed by atoms with Crippen LogP contribution in [-0.4, -0.2) is 4.98 Å². The molecule has 2 heterocycles. The van der Waals surface area contributed by atoms with E-state index in [0.717, 1.165) is 26.1 Å². The Bertz CT molecular complexity index is 474. The fraction of sp³-hybridized carbons (Fsp3) is 0.125. The van der Waals surface area contributed by atoms with Gasteiger partial charge in [-0.05, 0) is 22.0 Å². The maximum atomic E-state index is 12.3. The van der Waals surface area contributed by atoms with Crippen molar-refractivity contribution in [3.8, 4) is 9.88 Å². The molecular weight excluding hydrogens is 311 g/mol. The molecule has 15 heavy (non-hydrogen) atoms. The van der Waals surface area contributed by atoms with Crippen LogP contribution in [0.2, 0.25) is 0 Å². The molecule has 0 N–H and O–H groups in total. The van der Waals surface area contributed by atoms with Crippen LogP contribution >= 0.6 is 38.6 Å². The third-order valence-corrected chi connectivity index (χ3v) is 4.28. The third kappa shape index (κ3) is 2.40. The molecule has 0 aliphatic carbocycles. The number of alkyl halides is 3. The highest BCUT2D eigenvalue weighted by atomic mass is 79.9. The van der Waals surface area contributed by atoms with Crippen LogP contribution in [0, 0.1) is 0 Å². The van der Waals surface area contributed by atoms with Crippen molar-refractivity contribution in [2.24, 2.45) is 0 Å². The van der Waals surface area contributed by atoms with E-state index in [9.17, 15) is 13.2 Å². The Kier molecular flexibility index (Phi) is 2.87. The van der Waals surface area contributed by atoms with Gasteiger partial charge in [0.25, 0.3) is 0 Å². The van der Waals surface area contributed by atoms with E-state index in [0.29, 0.717) is 5.01 Å². The second-order valence-corrected chi connectivity index (χ2v) is 5.35. The van der Waals surface area contributed by atoms with Crippen molar-refractivity contribution in [1.29, 1.82) is 0 Å². The van der Waals surface area contributed by atoms with Crippen LogP contribution in [0.4, 0.5) is 13.2 Å². The minimum absolute atomic E-state index is 0.401. The van der Waals surface area contributed by atoms with Gasteiger partial charge in [0.1, 0.15) is 5.01 Å². The van der Waals surface area contributed by atoms with E-state index < -0.39 is 11.9 Å². The molecule has 80 valence electrons. The highest BCUT2D eigenvalue weighted by molar-refractivity contribution is 9.10. The van der Waals surface area contributed by atoms with E-state index in [1.165, 1.54) is 11.3 Å². The highest BCUT2D eigenvalue weighted by Crippen LogP contribution is 2.36. The largest absolute Gasteiger partial charge is 0.434 e. The van der Waals surface area contributed by atoms with Crippen molar-refractivity contribution in [3.63, 3.8) is 0 Å². The molecule has 0 spiro atoms. The van der Waals surface area contributed by atoms with E-state index in [-0.39, 0.29) is 0 Å². The van der Waals surface area contributed by atoms with Crippen molar-refractivity contribution in [2.75, 3.05) is 0 Å². The molecule has 2 rings (SSSR count). The third-order valence-electron chi connectivity index (χ3n) is 1.57. The number of rotatable bonds is 1. The van der Waals surface area contributed by atoms with Gasteiger partial charge in [0.15, 0.2) is 5.69 Å². The zero-order valence-electron chi connectivity index (χ0n) is 7.01. The summed E-state index contributed by atoms with van der Waals surface area (Å²) in [6.45, 7) is 0. The lowest BCUT2D eigenvalue weighted by molar-refractivity contribution is -0.140. The van der Waals surface area contributed by atoms with Gasteiger partial charge in [-0.25, -0.2) is 4.98 Å². The Hall–Kier alpha value is -0.400. The normalized spacial score (nSPS) is 12.0. The molecule has 0 atom stereocenters. The summed E-state index contributed by atoms with van der Waals surface area (Å²) in [7, 11) is 0. The zero-order valence-corrected chi connectivity index (χ0v) is 10.2. The zero-order chi connectivity index (χ0) is 11.1. The molecule has 0 saturated heterocycles. The van der Waals surface area contributed by atoms with Gasteiger partial charge < -0.3 is 0 Å². The monoisotopic (exact) mass is 313 g/mol. The van der Waals surface area contributed by atoms with Gasteiger partial charge in [0.2, 0.25) is 0 Å². The van der Waals surface area contributed by atoms with E-state index >= 15 is 0 Å². The highest BCUT2D eigenvalue weighted by Gasteiger charge is 2.33. The van der Waals surface area contributed by atoms with Gasteiger partial charge in [-0.1, -0.05) is 0 Å². The van der Waals surface area contributed by atoms with Crippen LogP contribution in [0.3, 0.4) is 0 Å². The number of hydrogen-bond acceptors (Lipinski definition) is 3. The Morgan fingerprint density at radius 2 is 1.93 bits per heavy atom. The quantitative estimate of drug-likeness (QED) is 0.746. The molecule has 0 fully saturated rings. The molecule has 0 radical (unpaired) electrons. The minimum Gasteiger partial charge on any atom is -0.231 e. The summed E-state index contributed by atoms with van der Waals surface area (Å²) in [4.78, 5) is 4.29. The first-order chi connectivity index (χ1) is 6.97. The minimum atomic E-state index is -4.36. The van der Waals surface area contributed by atoms with Crippen LogP contribution < -0.4 is 0 Å². The number of thiazole rings is 1. The molecular formula is C8H3BrF3NS2. The maximum Gasteiger partial charge on any atom is 0.434 e. The maximum absolute atomic E-state index is 12.3. The van der Waals surface area contributed by atoms with E-state index in [2.05, 4.69) is 20.9 Å². The summed E-state index contributed by atoms with van der Waals surface area (Å²) in [5.41, 5.74) is -0.827. The Morgan fingerprint density at radius 1 is 1.20 bits per heavy atom. The average molecular weight is 314 g/mol. The molecule has 7 heteroatoms. The van der Waals surface area contributed by atoms with E-state index in [1.807, 2.05) is 5.38 Å². The van der Waals surface area contributed by atoms with Gasteiger partial charge in [-0.3, -0.25) is 0 Å². The summed E-state index contributed by atoms with van der Waals surface area (Å²) in [5, 5.41) is 3.24. The second-order valence-electron chi connectivity index (χ2n) is 2.66. The molecule has 1 nitrogen and oxygen atoms in total. The molecule has 2 aromatic heterocycles. The molecule has 0 saturated carbocycles. The molecule has 2 aromatic rings. The number of thiophene rings is 1. The van der Waals surface area contributed by atoms with Crippen LogP contribution in [0.15, 0.2) is 21.3 Å². The first kappa shape index (κ1) is 11.1. The van der Waals surface area contributed by atoms with Gasteiger partial charge in [0, 0.05) is 15.2 Å². The first-order valence-corrected chi connectivity index (χ1v) is 6.29. The van der Waals surface area contributed by atoms with Crippen molar-refractivity contribution < 1.29 is 13.2 Å². The fourth-order valence-electron chi connectivity index (χ4n) is 0.942. The standard InChI is InChI=1S/C8H3BrF3NS2/c9-4-1-5(14-2-4)7-13-6(3-15-7)8(10,11)12/h1-3H. The van der Waals surface area contributed by atoms with Crippen molar-refractivity contribution in [2.45, 2.75) is 6.18 Å². The summed E-state index contributed by atoms with van der Waals surface area (Å²) in [6.07, 6.45) is -4.36. The van der Waals surface area contributed by atoms with Crippen LogP contribution in [0.1, 0.15) is 5.69 Å². The van der Waals surface area contributed by atoms with Crippen LogP contribution in [-0.2, 0) is 6.18 Å². The smallest absolute Gasteiger partial charge is 0.231 e. The molecule has 0 aliphatic heterocycles. The lowest BCUT2D eigenvalue weighted by Gasteiger charge is -1.99. The number of nitrogens with zero attached hydrogens (tertiary/aromatic N) is 1. The molecule has 0 amide bonds. The predicted octanol–water partition coefficient (Wildman–Crippen LogP) is 4.65. The molecule has 0 unspecified atom stereocenters. The van der Waals surface area contributed by atoms with Gasteiger partial charge in [0.05, 0.1) is 4.88 Å². The molecule has 0 aromatic carbocycles.